The first-order valence-electron chi connectivity index (χ1n) is 20.6. The first-order valence-corrected chi connectivity index (χ1v) is 20.6. The van der Waals surface area contributed by atoms with Crippen molar-refractivity contribution in [1.82, 2.24) is 4.57 Å². The SMILES string of the molecule is c1ccc(-c2ccccc2-c2c(-c3ccccc3)cccc2N(c2ccc(-c3cccc4ccccc34)cc2)c2cccc(-n3c4ccccc4c4ccccc43)c2)cc1. The average Bonchev–Trinajstić information content (AvgIpc) is 3.67. The standard InChI is InChI=1S/C58H40N2/c1-3-18-41(19-4-1)50-27-9-10-30-54(50)58-51(43-20-5-2-6-21-43)32-17-35-57(58)59(45-38-36-44(37-39-45)49-31-15-23-42-22-7-8-26-48(42)49)46-24-16-25-47(40-46)60-55-33-13-11-28-52(55)53-29-12-14-34-56(53)60/h1-40H. The predicted octanol–water partition coefficient (Wildman–Crippen LogP) is 16.1. The fourth-order valence-corrected chi connectivity index (χ4v) is 9.10. The van der Waals surface area contributed by atoms with Gasteiger partial charge in [0.05, 0.1) is 16.7 Å². The van der Waals surface area contributed by atoms with Gasteiger partial charge in [-0.15, -0.1) is 0 Å². The summed E-state index contributed by atoms with van der Waals surface area (Å²) in [5, 5.41) is 4.98. The van der Waals surface area contributed by atoms with E-state index in [0.717, 1.165) is 22.7 Å². The van der Waals surface area contributed by atoms with Crippen LogP contribution in [0.1, 0.15) is 0 Å². The van der Waals surface area contributed by atoms with Crippen LogP contribution in [0.3, 0.4) is 0 Å². The van der Waals surface area contributed by atoms with Crippen molar-refractivity contribution in [2.24, 2.45) is 0 Å². The van der Waals surface area contributed by atoms with Gasteiger partial charge in [0.1, 0.15) is 0 Å². The van der Waals surface area contributed by atoms with Crippen LogP contribution in [0.25, 0.3) is 82.8 Å². The van der Waals surface area contributed by atoms with Crippen molar-refractivity contribution in [2.45, 2.75) is 0 Å². The van der Waals surface area contributed by atoms with Crippen molar-refractivity contribution in [3.8, 4) is 50.2 Å². The van der Waals surface area contributed by atoms with Crippen LogP contribution in [-0.2, 0) is 0 Å². The summed E-state index contributed by atoms with van der Waals surface area (Å²) in [5.74, 6) is 0. The number of rotatable bonds is 8. The van der Waals surface area contributed by atoms with E-state index in [2.05, 4.69) is 252 Å². The Morgan fingerprint density at radius 2 is 0.800 bits per heavy atom. The quantitative estimate of drug-likeness (QED) is 0.150. The van der Waals surface area contributed by atoms with Gasteiger partial charge in [-0.3, -0.25) is 0 Å². The molecule has 0 N–H and O–H groups in total. The summed E-state index contributed by atoms with van der Waals surface area (Å²) < 4.78 is 2.40. The molecule has 0 saturated carbocycles. The number of benzene rings is 10. The van der Waals surface area contributed by atoms with Crippen molar-refractivity contribution in [1.29, 1.82) is 0 Å². The molecule has 60 heavy (non-hydrogen) atoms. The minimum atomic E-state index is 1.07. The fourth-order valence-electron chi connectivity index (χ4n) is 9.10. The minimum absolute atomic E-state index is 1.07. The number of anilines is 3. The monoisotopic (exact) mass is 764 g/mol. The van der Waals surface area contributed by atoms with Gasteiger partial charge in [-0.05, 0) is 98.2 Å². The van der Waals surface area contributed by atoms with Gasteiger partial charge in [-0.2, -0.15) is 0 Å². The molecule has 282 valence electrons. The highest BCUT2D eigenvalue weighted by molar-refractivity contribution is 6.09. The van der Waals surface area contributed by atoms with Gasteiger partial charge in [0.2, 0.25) is 0 Å². The van der Waals surface area contributed by atoms with Crippen molar-refractivity contribution in [3.05, 3.63) is 243 Å². The molecule has 0 spiro atoms. The third kappa shape index (κ3) is 6.14. The molecule has 0 bridgehead atoms. The van der Waals surface area contributed by atoms with Crippen molar-refractivity contribution < 1.29 is 0 Å². The smallest absolute Gasteiger partial charge is 0.0546 e. The summed E-state index contributed by atoms with van der Waals surface area (Å²) in [6.07, 6.45) is 0. The number of hydrogen-bond donors (Lipinski definition) is 0. The fraction of sp³-hybridized carbons (Fsp3) is 0. The zero-order valence-corrected chi connectivity index (χ0v) is 33.0. The number of nitrogens with zero attached hydrogens (tertiary/aromatic N) is 2. The highest BCUT2D eigenvalue weighted by Crippen LogP contribution is 2.48. The molecule has 0 amide bonds. The van der Waals surface area contributed by atoms with Crippen LogP contribution in [-0.4, -0.2) is 4.57 Å². The van der Waals surface area contributed by atoms with E-state index < -0.39 is 0 Å². The molecule has 0 aliphatic carbocycles. The van der Waals surface area contributed by atoms with Crippen molar-refractivity contribution >= 4 is 49.6 Å². The van der Waals surface area contributed by atoms with E-state index in [1.807, 2.05) is 0 Å². The van der Waals surface area contributed by atoms with Crippen LogP contribution in [0.15, 0.2) is 243 Å². The Labute approximate surface area is 350 Å². The molecule has 0 atom stereocenters. The Hall–Kier alpha value is -7.94. The third-order valence-electron chi connectivity index (χ3n) is 11.8. The summed E-state index contributed by atoms with van der Waals surface area (Å²) in [6.45, 7) is 0. The van der Waals surface area contributed by atoms with Crippen molar-refractivity contribution in [3.63, 3.8) is 0 Å². The number of para-hydroxylation sites is 2. The van der Waals surface area contributed by atoms with Gasteiger partial charge in [-0.25, -0.2) is 0 Å². The van der Waals surface area contributed by atoms with Gasteiger partial charge >= 0.3 is 0 Å². The first kappa shape index (κ1) is 35.2. The second-order valence-electron chi connectivity index (χ2n) is 15.3. The van der Waals surface area contributed by atoms with E-state index in [4.69, 9.17) is 0 Å². The second-order valence-corrected chi connectivity index (χ2v) is 15.3. The molecule has 0 radical (unpaired) electrons. The highest BCUT2D eigenvalue weighted by atomic mass is 15.1. The molecule has 0 fully saturated rings. The predicted molar refractivity (Wildman–Crippen MR) is 255 cm³/mol. The average molecular weight is 765 g/mol. The maximum Gasteiger partial charge on any atom is 0.0546 e. The zero-order chi connectivity index (χ0) is 39.8. The molecule has 11 rings (SSSR count). The lowest BCUT2D eigenvalue weighted by molar-refractivity contribution is 1.17. The topological polar surface area (TPSA) is 8.17 Å². The minimum Gasteiger partial charge on any atom is -0.310 e. The largest absolute Gasteiger partial charge is 0.310 e. The van der Waals surface area contributed by atoms with Crippen LogP contribution in [0, 0.1) is 0 Å². The Morgan fingerprint density at radius 3 is 1.52 bits per heavy atom. The molecule has 0 aliphatic heterocycles. The Balaban J connectivity index is 1.18. The van der Waals surface area contributed by atoms with Crippen molar-refractivity contribution in [2.75, 3.05) is 4.90 Å². The van der Waals surface area contributed by atoms with Crippen LogP contribution in [0.2, 0.25) is 0 Å². The van der Waals surface area contributed by atoms with E-state index in [1.54, 1.807) is 0 Å². The van der Waals surface area contributed by atoms with Crippen LogP contribution in [0.5, 0.6) is 0 Å². The van der Waals surface area contributed by atoms with E-state index in [9.17, 15) is 0 Å². The van der Waals surface area contributed by atoms with E-state index in [-0.39, 0.29) is 0 Å². The number of fused-ring (bicyclic) bond motifs is 4. The molecule has 10 aromatic carbocycles. The summed E-state index contributed by atoms with van der Waals surface area (Å²) in [6, 6.07) is 88.0. The Morgan fingerprint density at radius 1 is 0.300 bits per heavy atom. The maximum atomic E-state index is 2.45. The van der Waals surface area contributed by atoms with Gasteiger partial charge in [0.15, 0.2) is 0 Å². The number of hydrogen-bond acceptors (Lipinski definition) is 1. The van der Waals surface area contributed by atoms with E-state index in [0.29, 0.717) is 0 Å². The molecule has 1 heterocycles. The van der Waals surface area contributed by atoms with Crippen LogP contribution in [0.4, 0.5) is 17.1 Å². The highest BCUT2D eigenvalue weighted by Gasteiger charge is 2.23. The molecular weight excluding hydrogens is 725 g/mol. The van der Waals surface area contributed by atoms with Crippen LogP contribution < -0.4 is 4.90 Å². The first-order chi connectivity index (χ1) is 29.8. The molecule has 2 heteroatoms. The lowest BCUT2D eigenvalue weighted by atomic mass is 9.87. The Bertz CT molecular complexity index is 3250. The molecule has 0 unspecified atom stereocenters. The van der Waals surface area contributed by atoms with Crippen LogP contribution >= 0.6 is 0 Å². The molecule has 0 saturated heterocycles. The zero-order valence-electron chi connectivity index (χ0n) is 33.0. The summed E-state index contributed by atoms with van der Waals surface area (Å²) in [4.78, 5) is 2.45. The lowest BCUT2D eigenvalue weighted by Gasteiger charge is -2.30. The molecule has 11 aromatic rings. The maximum absolute atomic E-state index is 2.45. The molecule has 1 aromatic heterocycles. The third-order valence-corrected chi connectivity index (χ3v) is 11.8. The second kappa shape index (κ2) is 15.1. The summed E-state index contributed by atoms with van der Waals surface area (Å²) >= 11 is 0. The van der Waals surface area contributed by atoms with Gasteiger partial charge < -0.3 is 9.47 Å². The molecule has 0 aliphatic rings. The van der Waals surface area contributed by atoms with Gasteiger partial charge in [0, 0.05) is 33.4 Å². The molecule has 2 nitrogen and oxygen atoms in total. The summed E-state index contributed by atoms with van der Waals surface area (Å²) in [5.41, 5.74) is 16.2. The van der Waals surface area contributed by atoms with Gasteiger partial charge in [-0.1, -0.05) is 194 Å². The van der Waals surface area contributed by atoms with E-state index in [1.165, 1.54) is 77.1 Å². The number of aromatic nitrogens is 1. The molecular formula is C58H40N2. The summed E-state index contributed by atoms with van der Waals surface area (Å²) in [7, 11) is 0. The normalized spacial score (nSPS) is 11.3. The Kier molecular flexibility index (Phi) is 8.87. The van der Waals surface area contributed by atoms with E-state index >= 15 is 0 Å². The van der Waals surface area contributed by atoms with Gasteiger partial charge in [0.25, 0.3) is 0 Å². The lowest BCUT2D eigenvalue weighted by Crippen LogP contribution is -2.12.